The third kappa shape index (κ3) is 1.08. The van der Waals surface area contributed by atoms with Gasteiger partial charge in [-0.05, 0) is 24.6 Å². The highest BCUT2D eigenvalue weighted by Gasteiger charge is 2.36. The van der Waals surface area contributed by atoms with Crippen LogP contribution < -0.4 is 9.47 Å². The van der Waals surface area contributed by atoms with Crippen LogP contribution in [0.4, 0.5) is 0 Å². The van der Waals surface area contributed by atoms with Crippen LogP contribution in [0.1, 0.15) is 18.6 Å². The molecule has 1 aromatic rings. The van der Waals surface area contributed by atoms with Gasteiger partial charge in [0.1, 0.15) is 6.10 Å². The largest absolute Gasteiger partial charge is 0.454 e. The normalized spacial score (nSPS) is 29.0. The molecule has 0 radical (unpaired) electrons. The fourth-order valence-electron chi connectivity index (χ4n) is 1.63. The molecule has 3 rings (SSSR count). The highest BCUT2D eigenvalue weighted by atomic mass is 16.7. The molecule has 3 nitrogen and oxygen atoms in total. The first-order valence-corrected chi connectivity index (χ1v) is 4.39. The van der Waals surface area contributed by atoms with Crippen molar-refractivity contribution in [1.29, 1.82) is 0 Å². The van der Waals surface area contributed by atoms with Crippen molar-refractivity contribution in [3.05, 3.63) is 23.8 Å². The molecule has 0 spiro atoms. The Morgan fingerprint density at radius 3 is 2.77 bits per heavy atom. The van der Waals surface area contributed by atoms with E-state index in [9.17, 15) is 0 Å². The fraction of sp³-hybridized carbons (Fsp3) is 0.400. The SMILES string of the molecule is CC1OC1c1ccc2c(c1)OCO2. The van der Waals surface area contributed by atoms with E-state index in [2.05, 4.69) is 6.92 Å². The van der Waals surface area contributed by atoms with Crippen molar-refractivity contribution in [3.63, 3.8) is 0 Å². The van der Waals surface area contributed by atoms with E-state index in [1.807, 2.05) is 18.2 Å². The number of epoxide rings is 1. The standard InChI is InChI=1S/C10H10O3/c1-6-10(13-6)7-2-3-8-9(4-7)12-5-11-8/h2-4,6,10H,5H2,1H3. The smallest absolute Gasteiger partial charge is 0.231 e. The summed E-state index contributed by atoms with van der Waals surface area (Å²) < 4.78 is 15.9. The van der Waals surface area contributed by atoms with Crippen molar-refractivity contribution in [2.75, 3.05) is 6.79 Å². The predicted octanol–water partition coefficient (Wildman–Crippen LogP) is 1.88. The van der Waals surface area contributed by atoms with E-state index in [1.54, 1.807) is 0 Å². The molecule has 2 aliphatic rings. The first kappa shape index (κ1) is 7.21. The van der Waals surface area contributed by atoms with Gasteiger partial charge in [0.15, 0.2) is 11.5 Å². The Bertz CT molecular complexity index is 348. The second-order valence-electron chi connectivity index (χ2n) is 3.37. The first-order chi connectivity index (χ1) is 6.34. The van der Waals surface area contributed by atoms with Crippen LogP contribution in [-0.4, -0.2) is 12.9 Å². The van der Waals surface area contributed by atoms with Crippen LogP contribution in [0.25, 0.3) is 0 Å². The van der Waals surface area contributed by atoms with Crippen molar-refractivity contribution in [1.82, 2.24) is 0 Å². The molecule has 2 aliphatic heterocycles. The third-order valence-corrected chi connectivity index (χ3v) is 2.44. The van der Waals surface area contributed by atoms with E-state index in [0.29, 0.717) is 12.9 Å². The second-order valence-corrected chi connectivity index (χ2v) is 3.37. The Morgan fingerprint density at radius 1 is 1.23 bits per heavy atom. The van der Waals surface area contributed by atoms with Crippen LogP contribution in [0.15, 0.2) is 18.2 Å². The molecule has 2 atom stereocenters. The molecule has 0 saturated carbocycles. The van der Waals surface area contributed by atoms with Gasteiger partial charge in [-0.15, -0.1) is 0 Å². The molecule has 0 aliphatic carbocycles. The lowest BCUT2D eigenvalue weighted by Gasteiger charge is -1.98. The zero-order valence-electron chi connectivity index (χ0n) is 7.32. The van der Waals surface area contributed by atoms with Gasteiger partial charge in [0, 0.05) is 0 Å². The van der Waals surface area contributed by atoms with Crippen molar-refractivity contribution < 1.29 is 14.2 Å². The Morgan fingerprint density at radius 2 is 2.00 bits per heavy atom. The molecule has 1 saturated heterocycles. The summed E-state index contributed by atoms with van der Waals surface area (Å²) in [6.07, 6.45) is 0.606. The van der Waals surface area contributed by atoms with E-state index >= 15 is 0 Å². The lowest BCUT2D eigenvalue weighted by molar-refractivity contribution is 0.174. The van der Waals surface area contributed by atoms with Crippen molar-refractivity contribution in [3.8, 4) is 11.5 Å². The molecule has 0 aromatic heterocycles. The van der Waals surface area contributed by atoms with Gasteiger partial charge >= 0.3 is 0 Å². The summed E-state index contributed by atoms with van der Waals surface area (Å²) in [4.78, 5) is 0. The number of ether oxygens (including phenoxy) is 3. The van der Waals surface area contributed by atoms with Crippen LogP contribution in [0.2, 0.25) is 0 Å². The lowest BCUT2D eigenvalue weighted by atomic mass is 10.1. The van der Waals surface area contributed by atoms with E-state index in [0.717, 1.165) is 11.5 Å². The van der Waals surface area contributed by atoms with Gasteiger partial charge in [0.05, 0.1) is 6.10 Å². The number of rotatable bonds is 1. The minimum atomic E-state index is 0.259. The predicted molar refractivity (Wildman–Crippen MR) is 45.9 cm³/mol. The quantitative estimate of drug-likeness (QED) is 0.615. The highest BCUT2D eigenvalue weighted by molar-refractivity contribution is 5.45. The van der Waals surface area contributed by atoms with Crippen LogP contribution in [0, 0.1) is 0 Å². The molecule has 2 unspecified atom stereocenters. The Kier molecular flexibility index (Phi) is 1.32. The molecule has 0 amide bonds. The van der Waals surface area contributed by atoms with Crippen LogP contribution in [-0.2, 0) is 4.74 Å². The maximum absolute atomic E-state index is 5.37. The average Bonchev–Trinajstić information content (AvgIpc) is 2.70. The van der Waals surface area contributed by atoms with E-state index in [1.165, 1.54) is 5.56 Å². The summed E-state index contributed by atoms with van der Waals surface area (Å²) in [6.45, 7) is 2.40. The minimum Gasteiger partial charge on any atom is -0.454 e. The molecule has 68 valence electrons. The topological polar surface area (TPSA) is 31.0 Å². The summed E-state index contributed by atoms with van der Waals surface area (Å²) in [7, 11) is 0. The second kappa shape index (κ2) is 2.39. The summed E-state index contributed by atoms with van der Waals surface area (Å²) in [5.41, 5.74) is 1.18. The summed E-state index contributed by atoms with van der Waals surface area (Å²) in [6, 6.07) is 5.96. The molecule has 1 fully saturated rings. The van der Waals surface area contributed by atoms with Gasteiger partial charge in [-0.1, -0.05) is 6.07 Å². The maximum atomic E-state index is 5.37. The minimum absolute atomic E-state index is 0.259. The lowest BCUT2D eigenvalue weighted by Crippen LogP contribution is -1.92. The molecule has 13 heavy (non-hydrogen) atoms. The molecule has 2 heterocycles. The van der Waals surface area contributed by atoms with Crippen molar-refractivity contribution in [2.24, 2.45) is 0 Å². The van der Waals surface area contributed by atoms with Crippen molar-refractivity contribution in [2.45, 2.75) is 19.1 Å². The summed E-state index contributed by atoms with van der Waals surface area (Å²) in [5.74, 6) is 1.66. The molecule has 1 aromatic carbocycles. The van der Waals surface area contributed by atoms with E-state index in [-0.39, 0.29) is 6.10 Å². The first-order valence-electron chi connectivity index (χ1n) is 4.39. The number of hydrogen-bond donors (Lipinski definition) is 0. The van der Waals surface area contributed by atoms with Gasteiger partial charge in [-0.25, -0.2) is 0 Å². The molecular formula is C10H10O3. The van der Waals surface area contributed by atoms with Gasteiger partial charge in [-0.2, -0.15) is 0 Å². The number of hydrogen-bond acceptors (Lipinski definition) is 3. The molecule has 0 bridgehead atoms. The van der Waals surface area contributed by atoms with Crippen molar-refractivity contribution >= 4 is 0 Å². The van der Waals surface area contributed by atoms with E-state index < -0.39 is 0 Å². The van der Waals surface area contributed by atoms with Gasteiger partial charge in [-0.3, -0.25) is 0 Å². The highest BCUT2D eigenvalue weighted by Crippen LogP contribution is 2.42. The fourth-order valence-corrected chi connectivity index (χ4v) is 1.63. The van der Waals surface area contributed by atoms with Crippen LogP contribution in [0.3, 0.4) is 0 Å². The Balaban J connectivity index is 1.96. The molecule has 3 heteroatoms. The van der Waals surface area contributed by atoms with Crippen LogP contribution >= 0.6 is 0 Å². The number of benzene rings is 1. The average molecular weight is 178 g/mol. The van der Waals surface area contributed by atoms with Gasteiger partial charge in [0.2, 0.25) is 6.79 Å². The van der Waals surface area contributed by atoms with Gasteiger partial charge in [0.25, 0.3) is 0 Å². The monoisotopic (exact) mass is 178 g/mol. The zero-order valence-corrected chi connectivity index (χ0v) is 7.32. The maximum Gasteiger partial charge on any atom is 0.231 e. The van der Waals surface area contributed by atoms with Gasteiger partial charge < -0.3 is 14.2 Å². The summed E-state index contributed by atoms with van der Waals surface area (Å²) >= 11 is 0. The van der Waals surface area contributed by atoms with Crippen LogP contribution in [0.5, 0.6) is 11.5 Å². The third-order valence-electron chi connectivity index (χ3n) is 2.44. The Labute approximate surface area is 76.2 Å². The summed E-state index contributed by atoms with van der Waals surface area (Å²) in [5, 5.41) is 0. The molecular weight excluding hydrogens is 168 g/mol. The van der Waals surface area contributed by atoms with E-state index in [4.69, 9.17) is 14.2 Å². The molecule has 0 N–H and O–H groups in total. The Hall–Kier alpha value is -1.22. The zero-order chi connectivity index (χ0) is 8.84. The number of fused-ring (bicyclic) bond motifs is 1.